The van der Waals surface area contributed by atoms with Gasteiger partial charge in [-0.25, -0.2) is 0 Å². The fraction of sp³-hybridized carbons (Fsp3) is 0.133. The predicted octanol–water partition coefficient (Wildman–Crippen LogP) is 2.36. The van der Waals surface area contributed by atoms with Gasteiger partial charge in [-0.3, -0.25) is 4.79 Å². The average Bonchev–Trinajstić information content (AvgIpc) is 2.96. The van der Waals surface area contributed by atoms with Gasteiger partial charge < -0.3 is 20.2 Å². The molecular weight excluding hydrogens is 256 g/mol. The molecule has 0 aliphatic carbocycles. The third-order valence-electron chi connectivity index (χ3n) is 2.63. The molecule has 104 valence electrons. The van der Waals surface area contributed by atoms with Crippen molar-refractivity contribution in [2.75, 3.05) is 12.3 Å². The number of carbonyl (C=O) groups is 1. The van der Waals surface area contributed by atoms with E-state index >= 15 is 0 Å². The zero-order chi connectivity index (χ0) is 14.4. The van der Waals surface area contributed by atoms with Gasteiger partial charge >= 0.3 is 0 Å². The number of amides is 1. The highest BCUT2D eigenvalue weighted by molar-refractivity contribution is 5.95. The molecule has 0 atom stereocenters. The Morgan fingerprint density at radius 3 is 2.95 bits per heavy atom. The smallest absolute Gasteiger partial charge is 0.251 e. The molecule has 1 amide bonds. The number of carbonyl (C=O) groups excluding carboxylic acids is 1. The standard InChI is InChI=1S/C15H16N2O3/c1-2-7-20-14-6-5-11(9-13(14)16)15(18)17-10-12-4-3-8-19-12/h2-6,8-9H,1,7,10,16H2,(H,17,18). The van der Waals surface area contributed by atoms with Gasteiger partial charge in [-0.1, -0.05) is 12.7 Å². The number of nitrogens with one attached hydrogen (secondary N) is 1. The number of rotatable bonds is 6. The van der Waals surface area contributed by atoms with Gasteiger partial charge in [0.2, 0.25) is 0 Å². The number of furan rings is 1. The van der Waals surface area contributed by atoms with Crippen molar-refractivity contribution in [2.45, 2.75) is 6.54 Å². The summed E-state index contributed by atoms with van der Waals surface area (Å²) >= 11 is 0. The van der Waals surface area contributed by atoms with E-state index in [9.17, 15) is 4.79 Å². The van der Waals surface area contributed by atoms with Crippen LogP contribution in [0.25, 0.3) is 0 Å². The van der Waals surface area contributed by atoms with E-state index in [-0.39, 0.29) is 5.91 Å². The van der Waals surface area contributed by atoms with Gasteiger partial charge in [-0.15, -0.1) is 0 Å². The molecule has 1 heterocycles. The molecule has 0 aliphatic rings. The van der Waals surface area contributed by atoms with Gasteiger partial charge in [0.15, 0.2) is 0 Å². The van der Waals surface area contributed by atoms with E-state index in [4.69, 9.17) is 14.9 Å². The molecule has 20 heavy (non-hydrogen) atoms. The third kappa shape index (κ3) is 3.41. The van der Waals surface area contributed by atoms with Crippen molar-refractivity contribution in [2.24, 2.45) is 0 Å². The highest BCUT2D eigenvalue weighted by Crippen LogP contribution is 2.22. The minimum atomic E-state index is -0.219. The molecule has 0 spiro atoms. The average molecular weight is 272 g/mol. The number of nitrogens with two attached hydrogens (primary N) is 1. The fourth-order valence-corrected chi connectivity index (χ4v) is 1.65. The zero-order valence-electron chi connectivity index (χ0n) is 11.0. The lowest BCUT2D eigenvalue weighted by Crippen LogP contribution is -2.22. The summed E-state index contributed by atoms with van der Waals surface area (Å²) in [6.07, 6.45) is 3.19. The van der Waals surface area contributed by atoms with Crippen LogP contribution < -0.4 is 15.8 Å². The number of hydrogen-bond acceptors (Lipinski definition) is 4. The summed E-state index contributed by atoms with van der Waals surface area (Å²) in [5, 5.41) is 2.75. The lowest BCUT2D eigenvalue weighted by molar-refractivity contribution is 0.0948. The van der Waals surface area contributed by atoms with Gasteiger partial charge in [-0.2, -0.15) is 0 Å². The molecule has 1 aromatic carbocycles. The molecule has 3 N–H and O–H groups in total. The molecule has 0 aliphatic heterocycles. The van der Waals surface area contributed by atoms with Gasteiger partial charge in [0.25, 0.3) is 5.91 Å². The van der Waals surface area contributed by atoms with Crippen LogP contribution in [-0.4, -0.2) is 12.5 Å². The summed E-state index contributed by atoms with van der Waals surface area (Å²) in [4.78, 5) is 12.0. The van der Waals surface area contributed by atoms with Crippen molar-refractivity contribution >= 4 is 11.6 Å². The lowest BCUT2D eigenvalue weighted by Gasteiger charge is -2.09. The van der Waals surface area contributed by atoms with E-state index < -0.39 is 0 Å². The highest BCUT2D eigenvalue weighted by atomic mass is 16.5. The SMILES string of the molecule is C=CCOc1ccc(C(=O)NCc2ccco2)cc1N. The molecule has 0 unspecified atom stereocenters. The summed E-state index contributed by atoms with van der Waals surface area (Å²) in [5.74, 6) is 1.01. The van der Waals surface area contributed by atoms with Crippen LogP contribution in [0.2, 0.25) is 0 Å². The van der Waals surface area contributed by atoms with Gasteiger partial charge in [0, 0.05) is 5.56 Å². The van der Waals surface area contributed by atoms with Gasteiger partial charge in [0.05, 0.1) is 18.5 Å². The Bertz CT molecular complexity index is 591. The Hall–Kier alpha value is -2.69. The summed E-state index contributed by atoms with van der Waals surface area (Å²) < 4.78 is 10.5. The number of anilines is 1. The molecule has 5 nitrogen and oxygen atoms in total. The van der Waals surface area contributed by atoms with Crippen LogP contribution in [0.1, 0.15) is 16.1 Å². The molecule has 0 saturated carbocycles. The molecule has 2 aromatic rings. The van der Waals surface area contributed by atoms with Crippen LogP contribution in [0.3, 0.4) is 0 Å². The van der Waals surface area contributed by atoms with Crippen molar-refractivity contribution in [3.05, 3.63) is 60.6 Å². The second-order valence-corrected chi connectivity index (χ2v) is 4.11. The van der Waals surface area contributed by atoms with E-state index in [1.807, 2.05) is 0 Å². The van der Waals surface area contributed by atoms with E-state index in [1.54, 1.807) is 42.7 Å². The summed E-state index contributed by atoms with van der Waals surface area (Å²) in [5.41, 5.74) is 6.72. The molecular formula is C15H16N2O3. The van der Waals surface area contributed by atoms with E-state index in [0.29, 0.717) is 35.9 Å². The number of ether oxygens (including phenoxy) is 1. The fourth-order valence-electron chi connectivity index (χ4n) is 1.65. The highest BCUT2D eigenvalue weighted by Gasteiger charge is 2.09. The topological polar surface area (TPSA) is 77.5 Å². The maximum Gasteiger partial charge on any atom is 0.251 e. The van der Waals surface area contributed by atoms with Crippen LogP contribution in [-0.2, 0) is 6.54 Å². The van der Waals surface area contributed by atoms with E-state index in [0.717, 1.165) is 0 Å². The minimum Gasteiger partial charge on any atom is -0.487 e. The van der Waals surface area contributed by atoms with Gasteiger partial charge in [-0.05, 0) is 30.3 Å². The van der Waals surface area contributed by atoms with E-state index in [2.05, 4.69) is 11.9 Å². The third-order valence-corrected chi connectivity index (χ3v) is 2.63. The lowest BCUT2D eigenvalue weighted by atomic mass is 10.1. The number of hydrogen-bond donors (Lipinski definition) is 2. The van der Waals surface area contributed by atoms with Crippen molar-refractivity contribution in [3.8, 4) is 5.75 Å². The number of nitrogen functional groups attached to an aromatic ring is 1. The molecule has 5 heteroatoms. The normalized spacial score (nSPS) is 10.0. The predicted molar refractivity (Wildman–Crippen MR) is 76.4 cm³/mol. The maximum atomic E-state index is 12.0. The molecule has 0 radical (unpaired) electrons. The first-order chi connectivity index (χ1) is 9.70. The maximum absolute atomic E-state index is 12.0. The van der Waals surface area contributed by atoms with Crippen molar-refractivity contribution < 1.29 is 13.9 Å². The Kier molecular flexibility index (Phi) is 4.44. The summed E-state index contributed by atoms with van der Waals surface area (Å²) in [6, 6.07) is 8.47. The number of benzene rings is 1. The molecule has 0 bridgehead atoms. The Morgan fingerprint density at radius 2 is 2.30 bits per heavy atom. The monoisotopic (exact) mass is 272 g/mol. The largest absolute Gasteiger partial charge is 0.487 e. The second-order valence-electron chi connectivity index (χ2n) is 4.11. The van der Waals surface area contributed by atoms with Crippen LogP contribution in [0.4, 0.5) is 5.69 Å². The van der Waals surface area contributed by atoms with Gasteiger partial charge in [0.1, 0.15) is 18.1 Å². The molecule has 0 fully saturated rings. The van der Waals surface area contributed by atoms with Crippen LogP contribution in [0.15, 0.2) is 53.7 Å². The van der Waals surface area contributed by atoms with Crippen molar-refractivity contribution in [3.63, 3.8) is 0 Å². The summed E-state index contributed by atoms with van der Waals surface area (Å²) in [6.45, 7) is 4.26. The Labute approximate surface area is 117 Å². The van der Waals surface area contributed by atoms with Crippen LogP contribution >= 0.6 is 0 Å². The van der Waals surface area contributed by atoms with Crippen molar-refractivity contribution in [1.82, 2.24) is 5.32 Å². The van der Waals surface area contributed by atoms with E-state index in [1.165, 1.54) is 0 Å². The Balaban J connectivity index is 1.99. The van der Waals surface area contributed by atoms with Crippen LogP contribution in [0, 0.1) is 0 Å². The first-order valence-electron chi connectivity index (χ1n) is 6.14. The minimum absolute atomic E-state index is 0.219. The zero-order valence-corrected chi connectivity index (χ0v) is 11.0. The first-order valence-corrected chi connectivity index (χ1v) is 6.14. The molecule has 0 saturated heterocycles. The van der Waals surface area contributed by atoms with Crippen LogP contribution in [0.5, 0.6) is 5.75 Å². The summed E-state index contributed by atoms with van der Waals surface area (Å²) in [7, 11) is 0. The Morgan fingerprint density at radius 1 is 1.45 bits per heavy atom. The first kappa shape index (κ1) is 13.7. The second kappa shape index (κ2) is 6.47. The quantitative estimate of drug-likeness (QED) is 0.625. The van der Waals surface area contributed by atoms with Crippen molar-refractivity contribution in [1.29, 1.82) is 0 Å². The molecule has 1 aromatic heterocycles. The molecule has 2 rings (SSSR count).